The van der Waals surface area contributed by atoms with Crippen LogP contribution in [0.4, 0.5) is 0 Å². The maximum Gasteiger partial charge on any atom is 0.508 e. The highest BCUT2D eigenvalue weighted by molar-refractivity contribution is 7.39. The molecule has 1 unspecified atom stereocenters. The first-order valence-corrected chi connectivity index (χ1v) is 6.04. The van der Waals surface area contributed by atoms with Gasteiger partial charge >= 0.3 is 8.03 Å². The Labute approximate surface area is 82.9 Å². The molecule has 2 nitrogen and oxygen atoms in total. The van der Waals surface area contributed by atoms with Gasteiger partial charge in [0.05, 0.1) is 0 Å². The molecular weight excluding hydrogens is 183 g/mol. The van der Waals surface area contributed by atoms with Crippen molar-refractivity contribution >= 4 is 8.03 Å². The number of hydrogen-bond donors (Lipinski definition) is 0. The van der Waals surface area contributed by atoms with Gasteiger partial charge in [-0.1, -0.05) is 41.5 Å². The maximum absolute atomic E-state index is 11.4. The van der Waals surface area contributed by atoms with Gasteiger partial charge in [-0.2, -0.15) is 0 Å². The molecule has 0 radical (unpaired) electrons. The minimum Gasteiger partial charge on any atom is -0.146 e. The van der Waals surface area contributed by atoms with Crippen LogP contribution in [0.3, 0.4) is 0 Å². The molecule has 0 saturated carbocycles. The van der Waals surface area contributed by atoms with E-state index in [9.17, 15) is 4.57 Å². The highest BCUT2D eigenvalue weighted by Gasteiger charge is 2.29. The van der Waals surface area contributed by atoms with Gasteiger partial charge in [-0.15, -0.1) is 4.52 Å². The van der Waals surface area contributed by atoms with Crippen LogP contribution in [0.1, 0.15) is 41.5 Å². The monoisotopic (exact) mass is 205 g/mol. The SMILES string of the molecule is CC(C)(C)CO[P+](=O)CC(C)(C)C. The molecule has 0 aliphatic carbocycles. The molecule has 3 heteroatoms. The van der Waals surface area contributed by atoms with Crippen LogP contribution in [-0.4, -0.2) is 12.8 Å². The molecule has 0 aromatic rings. The molecule has 0 aliphatic rings. The van der Waals surface area contributed by atoms with Crippen molar-refractivity contribution < 1.29 is 9.09 Å². The maximum atomic E-state index is 11.4. The van der Waals surface area contributed by atoms with Crippen molar-refractivity contribution in [2.75, 3.05) is 12.8 Å². The summed E-state index contributed by atoms with van der Waals surface area (Å²) in [5.41, 5.74) is 0.189. The Balaban J connectivity index is 3.78. The molecule has 0 saturated heterocycles. The van der Waals surface area contributed by atoms with Crippen LogP contribution in [0.5, 0.6) is 0 Å². The molecule has 0 bridgehead atoms. The van der Waals surface area contributed by atoms with Gasteiger partial charge in [0, 0.05) is 5.41 Å². The number of rotatable bonds is 3. The van der Waals surface area contributed by atoms with E-state index in [4.69, 9.17) is 4.52 Å². The molecule has 0 aromatic carbocycles. The molecule has 0 N–H and O–H groups in total. The smallest absolute Gasteiger partial charge is 0.146 e. The normalized spacial score (nSPS) is 14.5. The van der Waals surface area contributed by atoms with Crippen molar-refractivity contribution in [2.45, 2.75) is 41.5 Å². The van der Waals surface area contributed by atoms with Crippen LogP contribution in [0.25, 0.3) is 0 Å². The molecule has 13 heavy (non-hydrogen) atoms. The topological polar surface area (TPSA) is 26.3 Å². The van der Waals surface area contributed by atoms with Crippen molar-refractivity contribution in [3.05, 3.63) is 0 Å². The molecule has 0 spiro atoms. The van der Waals surface area contributed by atoms with Crippen LogP contribution in [0, 0.1) is 10.8 Å². The quantitative estimate of drug-likeness (QED) is 0.654. The minimum atomic E-state index is -1.48. The highest BCUT2D eigenvalue weighted by atomic mass is 31.1. The van der Waals surface area contributed by atoms with Gasteiger partial charge < -0.3 is 0 Å². The summed E-state index contributed by atoms with van der Waals surface area (Å²) in [6.45, 7) is 13.0. The largest absolute Gasteiger partial charge is 0.508 e. The van der Waals surface area contributed by atoms with Crippen molar-refractivity contribution in [2.24, 2.45) is 10.8 Å². The average molecular weight is 205 g/mol. The summed E-state index contributed by atoms with van der Waals surface area (Å²) < 4.78 is 16.7. The summed E-state index contributed by atoms with van der Waals surface area (Å²) in [6, 6.07) is 0. The molecule has 1 atom stereocenters. The molecule has 0 heterocycles. The molecule has 0 rings (SSSR count). The predicted molar refractivity (Wildman–Crippen MR) is 57.3 cm³/mol. The summed E-state index contributed by atoms with van der Waals surface area (Å²) in [5, 5.41) is 0. The van der Waals surface area contributed by atoms with Gasteiger partial charge in [-0.25, -0.2) is 0 Å². The van der Waals surface area contributed by atoms with Crippen LogP contribution in [0.15, 0.2) is 0 Å². The molecule has 0 fully saturated rings. The summed E-state index contributed by atoms with van der Waals surface area (Å²) in [4.78, 5) is 0. The van der Waals surface area contributed by atoms with E-state index in [2.05, 4.69) is 41.5 Å². The van der Waals surface area contributed by atoms with Gasteiger partial charge in [0.2, 0.25) is 0 Å². The zero-order valence-corrected chi connectivity index (χ0v) is 10.6. The lowest BCUT2D eigenvalue weighted by molar-refractivity contribution is 0.205. The van der Waals surface area contributed by atoms with E-state index in [1.807, 2.05) is 0 Å². The van der Waals surface area contributed by atoms with E-state index < -0.39 is 8.03 Å². The number of hydrogen-bond acceptors (Lipinski definition) is 2. The van der Waals surface area contributed by atoms with Crippen molar-refractivity contribution in [3.8, 4) is 0 Å². The molecule has 0 aromatic heterocycles. The van der Waals surface area contributed by atoms with Gasteiger partial charge in [0.1, 0.15) is 6.61 Å². The van der Waals surface area contributed by atoms with E-state index in [-0.39, 0.29) is 10.8 Å². The van der Waals surface area contributed by atoms with Crippen molar-refractivity contribution in [3.63, 3.8) is 0 Å². The van der Waals surface area contributed by atoms with Crippen molar-refractivity contribution in [1.82, 2.24) is 0 Å². The van der Waals surface area contributed by atoms with Gasteiger partial charge in [-0.3, -0.25) is 0 Å². The van der Waals surface area contributed by atoms with Crippen molar-refractivity contribution in [1.29, 1.82) is 0 Å². The molecule has 0 aliphatic heterocycles. The Morgan fingerprint density at radius 1 is 1.00 bits per heavy atom. The molecule has 78 valence electrons. The second-order valence-corrected chi connectivity index (χ2v) is 7.13. The third-order valence-corrected chi connectivity index (χ3v) is 2.87. The first kappa shape index (κ1) is 13.1. The fourth-order valence-corrected chi connectivity index (χ4v) is 2.10. The first-order chi connectivity index (χ1) is 5.60. The summed E-state index contributed by atoms with van der Waals surface area (Å²) in [5.74, 6) is 0. The second-order valence-electron chi connectivity index (χ2n) is 5.89. The van der Waals surface area contributed by atoms with Gasteiger partial charge in [-0.05, 0) is 9.98 Å². The lowest BCUT2D eigenvalue weighted by atomic mass is 9.99. The molecule has 0 amide bonds. The van der Waals surface area contributed by atoms with E-state index >= 15 is 0 Å². The summed E-state index contributed by atoms with van der Waals surface area (Å²) in [6.07, 6.45) is 0.637. The average Bonchev–Trinajstić information content (AvgIpc) is 1.78. The zero-order chi connectivity index (χ0) is 10.7. The summed E-state index contributed by atoms with van der Waals surface area (Å²) in [7, 11) is -1.48. The predicted octanol–water partition coefficient (Wildman–Crippen LogP) is 3.84. The Morgan fingerprint density at radius 3 is 1.77 bits per heavy atom. The van der Waals surface area contributed by atoms with E-state index in [1.54, 1.807) is 0 Å². The van der Waals surface area contributed by atoms with E-state index in [0.717, 1.165) is 0 Å². The standard InChI is InChI=1S/C10H22O2P/c1-9(2,3)7-12-13(11)8-10(4,5)6/h7-8H2,1-6H3/q+1. The van der Waals surface area contributed by atoms with E-state index in [1.165, 1.54) is 0 Å². The van der Waals surface area contributed by atoms with Crippen LogP contribution in [-0.2, 0) is 9.09 Å². The fourth-order valence-electron chi connectivity index (χ4n) is 0.699. The highest BCUT2D eigenvalue weighted by Crippen LogP contribution is 2.33. The Bertz CT molecular complexity index is 174. The van der Waals surface area contributed by atoms with Gasteiger partial charge in [0.15, 0.2) is 6.16 Å². The first-order valence-electron chi connectivity index (χ1n) is 4.68. The minimum absolute atomic E-state index is 0.0886. The Morgan fingerprint density at radius 2 is 1.46 bits per heavy atom. The third kappa shape index (κ3) is 9.98. The Hall–Kier alpha value is 0.0600. The van der Waals surface area contributed by atoms with Crippen LogP contribution >= 0.6 is 8.03 Å². The third-order valence-electron chi connectivity index (χ3n) is 1.24. The summed E-state index contributed by atoms with van der Waals surface area (Å²) >= 11 is 0. The van der Waals surface area contributed by atoms with E-state index in [0.29, 0.717) is 12.8 Å². The zero-order valence-electron chi connectivity index (χ0n) is 9.68. The van der Waals surface area contributed by atoms with Crippen LogP contribution in [0.2, 0.25) is 0 Å². The molecular formula is C10H22O2P+. The fraction of sp³-hybridized carbons (Fsp3) is 1.00. The Kier molecular flexibility index (Phi) is 4.54. The lowest BCUT2D eigenvalue weighted by Crippen LogP contribution is -2.14. The van der Waals surface area contributed by atoms with Gasteiger partial charge in [0.25, 0.3) is 0 Å². The van der Waals surface area contributed by atoms with Crippen LogP contribution < -0.4 is 0 Å². The second kappa shape index (κ2) is 4.52. The lowest BCUT2D eigenvalue weighted by Gasteiger charge is -2.14.